The minimum atomic E-state index is -0.289. The van der Waals surface area contributed by atoms with Crippen molar-refractivity contribution in [1.29, 1.82) is 0 Å². The Labute approximate surface area is 96.7 Å². The summed E-state index contributed by atoms with van der Waals surface area (Å²) in [4.78, 5) is 0. The predicted octanol–water partition coefficient (Wildman–Crippen LogP) is 3.67. The number of fused-ring (bicyclic) bond motifs is 1. The summed E-state index contributed by atoms with van der Waals surface area (Å²) in [6.45, 7) is 0. The zero-order valence-corrected chi connectivity index (χ0v) is 10.2. The monoisotopic (exact) mass is 321 g/mol. The van der Waals surface area contributed by atoms with Crippen LogP contribution in [0, 0.1) is 5.82 Å². The fourth-order valence-corrected chi connectivity index (χ4v) is 2.17. The van der Waals surface area contributed by atoms with Crippen LogP contribution in [-0.2, 0) is 6.42 Å². The van der Waals surface area contributed by atoms with Crippen molar-refractivity contribution in [2.24, 2.45) is 0 Å². The molecule has 14 heavy (non-hydrogen) atoms. The van der Waals surface area contributed by atoms with E-state index in [1.54, 1.807) is 0 Å². The van der Waals surface area contributed by atoms with Crippen LogP contribution in [0.3, 0.4) is 0 Å². The molecule has 2 nitrogen and oxygen atoms in total. The van der Waals surface area contributed by atoms with Crippen LogP contribution < -0.4 is 0 Å². The van der Waals surface area contributed by atoms with E-state index >= 15 is 0 Å². The molecule has 0 N–H and O–H groups in total. The first kappa shape index (κ1) is 10.1. The Kier molecular flexibility index (Phi) is 2.88. The first-order valence-electron chi connectivity index (χ1n) is 4.01. The molecule has 0 fully saturated rings. The fraction of sp³-hybridized carbons (Fsp3) is 0.222. The number of rotatable bonds is 2. The van der Waals surface area contributed by atoms with Gasteiger partial charge in [0.05, 0.1) is 10.2 Å². The maximum atomic E-state index is 13.1. The van der Waals surface area contributed by atoms with Crippen molar-refractivity contribution in [1.82, 2.24) is 5.16 Å². The number of halogens is 3. The minimum Gasteiger partial charge on any atom is -0.355 e. The van der Waals surface area contributed by atoms with Crippen LogP contribution in [0.2, 0.25) is 0 Å². The molecular weight excluding hydrogens is 317 g/mol. The molecule has 0 bridgehead atoms. The summed E-state index contributed by atoms with van der Waals surface area (Å²) in [6.07, 6.45) is 0.725. The molecule has 0 saturated heterocycles. The van der Waals surface area contributed by atoms with Gasteiger partial charge in [-0.25, -0.2) is 4.39 Å². The number of benzene rings is 1. The third kappa shape index (κ3) is 1.70. The molecule has 2 aromatic rings. The second-order valence-corrected chi connectivity index (χ2v) is 4.48. The van der Waals surface area contributed by atoms with Crippen LogP contribution in [0.4, 0.5) is 4.39 Å². The number of alkyl halides is 1. The van der Waals surface area contributed by atoms with E-state index in [0.717, 1.165) is 22.8 Å². The number of hydrogen-bond donors (Lipinski definition) is 0. The molecule has 2 rings (SSSR count). The van der Waals surface area contributed by atoms with Crippen molar-refractivity contribution in [3.8, 4) is 0 Å². The normalized spacial score (nSPS) is 11.1. The maximum absolute atomic E-state index is 13.1. The van der Waals surface area contributed by atoms with Gasteiger partial charge in [-0.3, -0.25) is 0 Å². The Balaban J connectivity index is 2.66. The van der Waals surface area contributed by atoms with Gasteiger partial charge in [-0.1, -0.05) is 21.1 Å². The van der Waals surface area contributed by atoms with Gasteiger partial charge >= 0.3 is 0 Å². The van der Waals surface area contributed by atoms with E-state index in [9.17, 15) is 4.39 Å². The van der Waals surface area contributed by atoms with Gasteiger partial charge in [-0.15, -0.1) is 0 Å². The lowest BCUT2D eigenvalue weighted by Gasteiger charge is -1.93. The van der Waals surface area contributed by atoms with Gasteiger partial charge in [0.15, 0.2) is 5.58 Å². The number of aromatic nitrogens is 1. The average molecular weight is 323 g/mol. The van der Waals surface area contributed by atoms with Crippen LogP contribution in [0.5, 0.6) is 0 Å². The fourth-order valence-electron chi connectivity index (χ4n) is 1.29. The van der Waals surface area contributed by atoms with E-state index in [1.165, 1.54) is 12.1 Å². The molecule has 1 heterocycles. The summed E-state index contributed by atoms with van der Waals surface area (Å²) in [5, 5.41) is 5.40. The van der Waals surface area contributed by atoms with Gasteiger partial charge in [-0.2, -0.15) is 0 Å². The van der Waals surface area contributed by atoms with Crippen molar-refractivity contribution in [2.75, 3.05) is 5.33 Å². The molecule has 0 radical (unpaired) electrons. The van der Waals surface area contributed by atoms with Gasteiger partial charge in [0, 0.05) is 17.1 Å². The van der Waals surface area contributed by atoms with E-state index in [0.29, 0.717) is 10.1 Å². The Morgan fingerprint density at radius 1 is 1.43 bits per heavy atom. The molecule has 1 aromatic carbocycles. The molecule has 0 atom stereocenters. The van der Waals surface area contributed by atoms with Gasteiger partial charge in [0.1, 0.15) is 5.82 Å². The molecule has 5 heteroatoms. The molecule has 0 amide bonds. The lowest BCUT2D eigenvalue weighted by molar-refractivity contribution is 0.446. The smallest absolute Gasteiger partial charge is 0.181 e. The van der Waals surface area contributed by atoms with Crippen molar-refractivity contribution in [2.45, 2.75) is 6.42 Å². The predicted molar refractivity (Wildman–Crippen MR) is 59.2 cm³/mol. The van der Waals surface area contributed by atoms with Crippen molar-refractivity contribution in [3.63, 3.8) is 0 Å². The lowest BCUT2D eigenvalue weighted by Crippen LogP contribution is -1.86. The zero-order chi connectivity index (χ0) is 10.1. The van der Waals surface area contributed by atoms with E-state index in [-0.39, 0.29) is 5.82 Å². The highest BCUT2D eigenvalue weighted by Gasteiger charge is 2.11. The third-order valence-corrected chi connectivity index (χ3v) is 2.88. The quantitative estimate of drug-likeness (QED) is 0.788. The number of nitrogens with zero attached hydrogens (tertiary/aromatic N) is 1. The number of aryl methyl sites for hydroxylation is 1. The molecule has 0 aliphatic carbocycles. The van der Waals surface area contributed by atoms with Crippen molar-refractivity contribution in [3.05, 3.63) is 28.1 Å². The van der Waals surface area contributed by atoms with Crippen LogP contribution in [0.15, 0.2) is 21.1 Å². The van der Waals surface area contributed by atoms with Crippen LogP contribution in [0.1, 0.15) is 5.69 Å². The highest BCUT2D eigenvalue weighted by Crippen LogP contribution is 2.28. The summed E-state index contributed by atoms with van der Waals surface area (Å²) >= 11 is 6.53. The lowest BCUT2D eigenvalue weighted by atomic mass is 10.2. The van der Waals surface area contributed by atoms with Gasteiger partial charge in [-0.05, 0) is 28.1 Å². The molecule has 0 aliphatic heterocycles. The largest absolute Gasteiger partial charge is 0.355 e. The summed E-state index contributed by atoms with van der Waals surface area (Å²) < 4.78 is 18.8. The van der Waals surface area contributed by atoms with Crippen LogP contribution in [0.25, 0.3) is 11.0 Å². The summed E-state index contributed by atoms with van der Waals surface area (Å²) in [6, 6.07) is 2.81. The van der Waals surface area contributed by atoms with Crippen molar-refractivity contribution < 1.29 is 8.91 Å². The Hall–Kier alpha value is -0.420. The second kappa shape index (κ2) is 3.98. The van der Waals surface area contributed by atoms with Crippen LogP contribution >= 0.6 is 31.9 Å². The van der Waals surface area contributed by atoms with E-state index in [2.05, 4.69) is 37.0 Å². The Morgan fingerprint density at radius 3 is 2.93 bits per heavy atom. The minimum absolute atomic E-state index is 0.289. The molecular formula is C9H6Br2FNO. The highest BCUT2D eigenvalue weighted by atomic mass is 79.9. The third-order valence-electron chi connectivity index (χ3n) is 1.90. The van der Waals surface area contributed by atoms with E-state index in [4.69, 9.17) is 4.52 Å². The topological polar surface area (TPSA) is 26.0 Å². The molecule has 0 spiro atoms. The zero-order valence-electron chi connectivity index (χ0n) is 7.06. The number of hydrogen-bond acceptors (Lipinski definition) is 2. The first-order valence-corrected chi connectivity index (χ1v) is 5.93. The highest BCUT2D eigenvalue weighted by molar-refractivity contribution is 9.10. The molecule has 74 valence electrons. The molecule has 0 unspecified atom stereocenters. The van der Waals surface area contributed by atoms with Crippen molar-refractivity contribution >= 4 is 42.8 Å². The molecule has 1 aromatic heterocycles. The second-order valence-electron chi connectivity index (χ2n) is 2.83. The molecule has 0 saturated carbocycles. The maximum Gasteiger partial charge on any atom is 0.181 e. The van der Waals surface area contributed by atoms with Gasteiger partial charge in [0.2, 0.25) is 0 Å². The summed E-state index contributed by atoms with van der Waals surface area (Å²) in [7, 11) is 0. The van der Waals surface area contributed by atoms with E-state index in [1.807, 2.05) is 0 Å². The van der Waals surface area contributed by atoms with Gasteiger partial charge in [0.25, 0.3) is 0 Å². The van der Waals surface area contributed by atoms with Crippen LogP contribution in [-0.4, -0.2) is 10.5 Å². The Bertz CT molecular complexity index is 469. The summed E-state index contributed by atoms with van der Waals surface area (Å²) in [5.41, 5.74) is 1.37. The first-order chi connectivity index (χ1) is 6.72. The average Bonchev–Trinajstić information content (AvgIpc) is 2.49. The van der Waals surface area contributed by atoms with E-state index < -0.39 is 0 Å². The van der Waals surface area contributed by atoms with Gasteiger partial charge < -0.3 is 4.52 Å². The molecule has 0 aliphatic rings. The summed E-state index contributed by atoms with van der Waals surface area (Å²) in [5.74, 6) is -0.289. The Morgan fingerprint density at radius 2 is 2.21 bits per heavy atom. The standard InChI is InChI=1S/C9H6Br2FNO/c10-2-1-8-6-3-5(12)4-7(11)9(6)14-13-8/h3-4H,1-2H2. The SMILES string of the molecule is Fc1cc(Br)c2onc(CCBr)c2c1.